The molecule has 4 bridgehead atoms. The van der Waals surface area contributed by atoms with E-state index in [2.05, 4.69) is 10.4 Å². The summed E-state index contributed by atoms with van der Waals surface area (Å²) in [5.41, 5.74) is 1.72. The Labute approximate surface area is 256 Å². The smallest absolute Gasteiger partial charge is 0.410 e. The summed E-state index contributed by atoms with van der Waals surface area (Å²) in [6, 6.07) is 7.59. The van der Waals surface area contributed by atoms with Crippen molar-refractivity contribution in [3.05, 3.63) is 41.2 Å². The third-order valence-electron chi connectivity index (χ3n) is 9.07. The molecule has 1 spiro atoms. The van der Waals surface area contributed by atoms with Gasteiger partial charge >= 0.3 is 6.09 Å². The van der Waals surface area contributed by atoms with Crippen LogP contribution >= 0.6 is 0 Å². The fourth-order valence-electron chi connectivity index (χ4n) is 6.75. The third-order valence-corrected chi connectivity index (χ3v) is 9.07. The van der Waals surface area contributed by atoms with Crippen LogP contribution in [-0.2, 0) is 20.9 Å². The van der Waals surface area contributed by atoms with Crippen LogP contribution in [0.1, 0.15) is 53.8 Å². The van der Waals surface area contributed by atoms with Crippen LogP contribution in [-0.4, -0.2) is 114 Å². The number of nitrogens with one attached hydrogen (secondary N) is 1. The van der Waals surface area contributed by atoms with Crippen molar-refractivity contribution < 1.29 is 33.4 Å². The highest BCUT2D eigenvalue weighted by Gasteiger charge is 2.53. The number of cyclic esters (lactones) is 1. The molecule has 13 nitrogen and oxygen atoms in total. The van der Waals surface area contributed by atoms with Gasteiger partial charge in [-0.2, -0.15) is 5.10 Å². The zero-order valence-corrected chi connectivity index (χ0v) is 25.4. The minimum Gasteiger partial charge on any atom is -0.490 e. The van der Waals surface area contributed by atoms with Gasteiger partial charge in [-0.15, -0.1) is 0 Å². The van der Waals surface area contributed by atoms with E-state index in [0.717, 1.165) is 11.3 Å². The van der Waals surface area contributed by atoms with Gasteiger partial charge in [0, 0.05) is 62.6 Å². The molecule has 0 aliphatic carbocycles. The van der Waals surface area contributed by atoms with Crippen molar-refractivity contribution in [1.29, 1.82) is 0 Å². The number of fused-ring (bicyclic) bond motifs is 11. The number of aryl methyl sites for hydroxylation is 2. The van der Waals surface area contributed by atoms with E-state index in [1.165, 1.54) is 4.90 Å². The first-order valence-corrected chi connectivity index (χ1v) is 15.5. The van der Waals surface area contributed by atoms with Crippen LogP contribution in [0.25, 0.3) is 0 Å². The molecule has 13 heteroatoms. The summed E-state index contributed by atoms with van der Waals surface area (Å²) in [5, 5.41) is 7.54. The molecule has 2 atom stereocenters. The van der Waals surface area contributed by atoms with Gasteiger partial charge < -0.3 is 29.3 Å². The first kappa shape index (κ1) is 29.8. The number of carbonyl (C=O) groups is 4. The lowest BCUT2D eigenvalue weighted by Gasteiger charge is -2.40. The first-order valence-electron chi connectivity index (χ1n) is 15.5. The summed E-state index contributed by atoms with van der Waals surface area (Å²) in [7, 11) is 0. The summed E-state index contributed by atoms with van der Waals surface area (Å²) in [6.07, 6.45) is 0.880. The average molecular weight is 609 g/mol. The van der Waals surface area contributed by atoms with Gasteiger partial charge in [0.15, 0.2) is 11.5 Å². The highest BCUT2D eigenvalue weighted by Crippen LogP contribution is 2.52. The lowest BCUT2D eigenvalue weighted by molar-refractivity contribution is -0.131. The number of likely N-dealkylation sites (tertiary alicyclic amines) is 1. The second-order valence-corrected chi connectivity index (χ2v) is 12.0. The Bertz CT molecular complexity index is 1440. The number of rotatable bonds is 4. The van der Waals surface area contributed by atoms with Gasteiger partial charge in [0.05, 0.1) is 25.5 Å². The summed E-state index contributed by atoms with van der Waals surface area (Å²) in [4.78, 5) is 57.0. The van der Waals surface area contributed by atoms with E-state index in [9.17, 15) is 19.2 Å². The Morgan fingerprint density at radius 1 is 1.07 bits per heavy atom. The number of carbonyl (C=O) groups excluding carboxylic acids is 4. The normalized spacial score (nSPS) is 24.0. The summed E-state index contributed by atoms with van der Waals surface area (Å²) in [6.45, 7) is 7.79. The average Bonchev–Trinajstić information content (AvgIpc) is 3.73. The van der Waals surface area contributed by atoms with Gasteiger partial charge in [0.25, 0.3) is 5.91 Å². The molecule has 0 saturated carbocycles. The largest absolute Gasteiger partial charge is 0.490 e. The number of ether oxygens (including phenoxy) is 3. The Kier molecular flexibility index (Phi) is 8.37. The maximum absolute atomic E-state index is 13.5. The molecule has 1 aromatic heterocycles. The van der Waals surface area contributed by atoms with Crippen LogP contribution in [0.3, 0.4) is 0 Å². The van der Waals surface area contributed by atoms with E-state index in [-0.39, 0.29) is 43.2 Å². The number of para-hydroxylation sites is 1. The highest BCUT2D eigenvalue weighted by atomic mass is 16.6. The minimum atomic E-state index is -0.544. The van der Waals surface area contributed by atoms with Gasteiger partial charge in [0.1, 0.15) is 18.8 Å². The van der Waals surface area contributed by atoms with Crippen molar-refractivity contribution in [2.24, 2.45) is 5.41 Å². The van der Waals surface area contributed by atoms with Crippen LogP contribution in [0.15, 0.2) is 24.3 Å². The predicted octanol–water partition coefficient (Wildman–Crippen LogP) is 1.79. The Balaban J connectivity index is 1.22. The SMILES string of the molecule is CCn1nc(C)cc1C(=O)N1CCCOc2cccc3c2OC[C@@]2(CNC(=O)CCC1)CN(C(=O)CN1CCOC1=O)C[C@@H]32. The topological polar surface area (TPSA) is 136 Å². The summed E-state index contributed by atoms with van der Waals surface area (Å²) < 4.78 is 19.3. The molecule has 1 aromatic carbocycles. The van der Waals surface area contributed by atoms with Crippen molar-refractivity contribution in [2.75, 3.05) is 65.6 Å². The van der Waals surface area contributed by atoms with Gasteiger partial charge in [-0.1, -0.05) is 12.1 Å². The third kappa shape index (κ3) is 5.79. The minimum absolute atomic E-state index is 0.0430. The van der Waals surface area contributed by atoms with Crippen LogP contribution in [0.5, 0.6) is 11.5 Å². The number of benzene rings is 1. The molecule has 1 N–H and O–H groups in total. The van der Waals surface area contributed by atoms with Crippen LogP contribution < -0.4 is 14.8 Å². The van der Waals surface area contributed by atoms with Gasteiger partial charge in [-0.25, -0.2) is 4.79 Å². The monoisotopic (exact) mass is 608 g/mol. The molecular formula is C31H40N6O7. The summed E-state index contributed by atoms with van der Waals surface area (Å²) >= 11 is 0. The van der Waals surface area contributed by atoms with Gasteiger partial charge in [0.2, 0.25) is 11.8 Å². The van der Waals surface area contributed by atoms with Crippen molar-refractivity contribution >= 4 is 23.8 Å². The van der Waals surface area contributed by atoms with Gasteiger partial charge in [-0.05, 0) is 38.8 Å². The van der Waals surface area contributed by atoms with Crippen molar-refractivity contribution in [3.8, 4) is 11.5 Å². The summed E-state index contributed by atoms with van der Waals surface area (Å²) in [5.74, 6) is 0.805. The van der Waals surface area contributed by atoms with Crippen molar-refractivity contribution in [1.82, 2.24) is 29.8 Å². The lowest BCUT2D eigenvalue weighted by Crippen LogP contribution is -2.49. The van der Waals surface area contributed by atoms with E-state index >= 15 is 0 Å². The molecule has 5 aliphatic heterocycles. The van der Waals surface area contributed by atoms with Gasteiger partial charge in [-0.3, -0.25) is 24.0 Å². The number of nitrogens with zero attached hydrogens (tertiary/aromatic N) is 5. The Morgan fingerprint density at radius 3 is 2.70 bits per heavy atom. The molecule has 44 heavy (non-hydrogen) atoms. The highest BCUT2D eigenvalue weighted by molar-refractivity contribution is 5.92. The molecule has 5 aliphatic rings. The maximum atomic E-state index is 13.5. The quantitative estimate of drug-likeness (QED) is 0.555. The molecular weight excluding hydrogens is 568 g/mol. The molecule has 2 saturated heterocycles. The standard InChI is InChI=1S/C31H40N6O7/c1-3-37-24(15-21(2)33-37)29(40)34-10-5-9-26(38)32-18-31-19-36(27(39)17-35-12-14-43-30(35)41)16-23(31)22-7-4-8-25(28(22)44-20-31)42-13-6-11-34/h4,7-8,15,23H,3,5-6,9-14,16-20H2,1-2H3,(H,32,38)/t23-,31+/m0/s1. The fraction of sp³-hybridized carbons (Fsp3) is 0.581. The molecule has 0 radical (unpaired) electrons. The van der Waals surface area contributed by atoms with E-state index in [1.54, 1.807) is 20.5 Å². The van der Waals surface area contributed by atoms with Crippen molar-refractivity contribution in [3.63, 3.8) is 0 Å². The lowest BCUT2D eigenvalue weighted by atomic mass is 9.73. The molecule has 4 amide bonds. The van der Waals surface area contributed by atoms with E-state index in [4.69, 9.17) is 14.2 Å². The second kappa shape index (κ2) is 12.4. The molecule has 236 valence electrons. The fourth-order valence-corrected chi connectivity index (χ4v) is 6.75. The molecule has 6 heterocycles. The maximum Gasteiger partial charge on any atom is 0.410 e. The predicted molar refractivity (Wildman–Crippen MR) is 158 cm³/mol. The van der Waals surface area contributed by atoms with E-state index in [1.807, 2.05) is 32.0 Å². The molecule has 0 unspecified atom stereocenters. The van der Waals surface area contributed by atoms with E-state index < -0.39 is 11.5 Å². The Morgan fingerprint density at radius 2 is 1.91 bits per heavy atom. The van der Waals surface area contributed by atoms with Crippen molar-refractivity contribution in [2.45, 2.75) is 45.6 Å². The number of amides is 4. The van der Waals surface area contributed by atoms with Crippen LogP contribution in [0.4, 0.5) is 4.79 Å². The number of hydrogen-bond donors (Lipinski definition) is 1. The van der Waals surface area contributed by atoms with Crippen LogP contribution in [0, 0.1) is 12.3 Å². The number of hydrogen-bond acceptors (Lipinski definition) is 8. The van der Waals surface area contributed by atoms with Crippen LogP contribution in [0.2, 0.25) is 0 Å². The number of aromatic nitrogens is 2. The first-order chi connectivity index (χ1) is 21.3. The Hall–Kier alpha value is -4.29. The van der Waals surface area contributed by atoms with E-state index in [0.29, 0.717) is 89.1 Å². The molecule has 2 aromatic rings. The molecule has 7 rings (SSSR count). The zero-order chi connectivity index (χ0) is 30.8. The second-order valence-electron chi connectivity index (χ2n) is 12.0. The zero-order valence-electron chi connectivity index (χ0n) is 25.4. The molecule has 2 fully saturated rings.